The fourth-order valence-corrected chi connectivity index (χ4v) is 2.16. The molecule has 1 heterocycles. The molecule has 3 atom stereocenters. The van der Waals surface area contributed by atoms with E-state index in [1.165, 1.54) is 0 Å². The van der Waals surface area contributed by atoms with E-state index < -0.39 is 5.97 Å². The molecule has 1 aromatic carbocycles. The van der Waals surface area contributed by atoms with Gasteiger partial charge in [0.05, 0.1) is 5.92 Å². The molecule has 0 aromatic heterocycles. The van der Waals surface area contributed by atoms with Crippen molar-refractivity contribution in [2.45, 2.75) is 12.5 Å². The van der Waals surface area contributed by atoms with Gasteiger partial charge < -0.3 is 14.6 Å². The van der Waals surface area contributed by atoms with Crippen molar-refractivity contribution in [2.75, 3.05) is 6.61 Å². The summed E-state index contributed by atoms with van der Waals surface area (Å²) in [4.78, 5) is 10.8. The smallest absolute Gasteiger partial charge is 0.306 e. The van der Waals surface area contributed by atoms with Gasteiger partial charge in [0.25, 0.3) is 0 Å². The molecule has 1 aliphatic carbocycles. The van der Waals surface area contributed by atoms with Crippen LogP contribution in [0.4, 0.5) is 0 Å². The van der Waals surface area contributed by atoms with Crippen molar-refractivity contribution in [3.05, 3.63) is 24.3 Å². The van der Waals surface area contributed by atoms with Crippen LogP contribution < -0.4 is 9.47 Å². The first-order valence-corrected chi connectivity index (χ1v) is 5.37. The fraction of sp³-hybridized carbons (Fsp3) is 0.417. The van der Waals surface area contributed by atoms with Gasteiger partial charge in [-0.2, -0.15) is 0 Å². The summed E-state index contributed by atoms with van der Waals surface area (Å²) >= 11 is 0. The molecule has 0 saturated heterocycles. The van der Waals surface area contributed by atoms with Crippen molar-refractivity contribution in [2.24, 2.45) is 11.8 Å². The third-order valence-corrected chi connectivity index (χ3v) is 3.17. The standard InChI is InChI=1S/C12H12O4/c13-12(14)8-5-7(8)11-6-15-9-3-1-2-4-10(9)16-11/h1-4,7-8,11H,5-6H2,(H,13,14). The molecule has 4 heteroatoms. The summed E-state index contributed by atoms with van der Waals surface area (Å²) in [5, 5.41) is 8.85. The highest BCUT2D eigenvalue weighted by atomic mass is 16.6. The van der Waals surface area contributed by atoms with E-state index in [2.05, 4.69) is 0 Å². The van der Waals surface area contributed by atoms with Crippen LogP contribution in [0.5, 0.6) is 11.5 Å². The number of carbonyl (C=O) groups is 1. The van der Waals surface area contributed by atoms with Crippen LogP contribution in [-0.4, -0.2) is 23.8 Å². The SMILES string of the molecule is O=C(O)C1CC1C1COc2ccccc2O1. The quantitative estimate of drug-likeness (QED) is 0.821. The summed E-state index contributed by atoms with van der Waals surface area (Å²) in [6.45, 7) is 0.450. The van der Waals surface area contributed by atoms with E-state index in [0.717, 1.165) is 11.5 Å². The number of ether oxygens (including phenoxy) is 2. The number of aliphatic carboxylic acids is 1. The van der Waals surface area contributed by atoms with Crippen LogP contribution in [0.2, 0.25) is 0 Å². The predicted octanol–water partition coefficient (Wildman–Crippen LogP) is 1.55. The second kappa shape index (κ2) is 3.40. The molecule has 0 radical (unpaired) electrons. The Hall–Kier alpha value is -1.71. The van der Waals surface area contributed by atoms with Gasteiger partial charge in [0.1, 0.15) is 12.7 Å². The Kier molecular flexibility index (Phi) is 2.02. The minimum Gasteiger partial charge on any atom is -0.486 e. The first kappa shape index (κ1) is 9.51. The highest BCUT2D eigenvalue weighted by Crippen LogP contribution is 2.45. The molecule has 0 spiro atoms. The first-order valence-electron chi connectivity index (χ1n) is 5.37. The normalized spacial score (nSPS) is 30.9. The van der Waals surface area contributed by atoms with Crippen LogP contribution in [-0.2, 0) is 4.79 Å². The maximum Gasteiger partial charge on any atom is 0.306 e. The minimum atomic E-state index is -0.729. The van der Waals surface area contributed by atoms with Gasteiger partial charge in [-0.15, -0.1) is 0 Å². The van der Waals surface area contributed by atoms with Gasteiger partial charge in [0, 0.05) is 5.92 Å². The molecule has 1 aliphatic heterocycles. The molecule has 1 aromatic rings. The molecule has 3 rings (SSSR count). The summed E-state index contributed by atoms with van der Waals surface area (Å²) in [6.07, 6.45) is 0.585. The number of hydrogen-bond acceptors (Lipinski definition) is 3. The number of rotatable bonds is 2. The van der Waals surface area contributed by atoms with E-state index >= 15 is 0 Å². The molecule has 1 saturated carbocycles. The van der Waals surface area contributed by atoms with Gasteiger partial charge in [-0.25, -0.2) is 0 Å². The summed E-state index contributed by atoms with van der Waals surface area (Å²) in [6, 6.07) is 7.47. The highest BCUT2D eigenvalue weighted by Gasteiger charge is 2.50. The number of para-hydroxylation sites is 2. The predicted molar refractivity (Wildman–Crippen MR) is 55.6 cm³/mol. The third kappa shape index (κ3) is 1.50. The van der Waals surface area contributed by atoms with Gasteiger partial charge in [-0.3, -0.25) is 4.79 Å². The lowest BCUT2D eigenvalue weighted by atomic mass is 10.2. The Balaban J connectivity index is 1.72. The van der Waals surface area contributed by atoms with Crippen LogP contribution >= 0.6 is 0 Å². The van der Waals surface area contributed by atoms with E-state index in [0.29, 0.717) is 13.0 Å². The Morgan fingerprint density at radius 1 is 1.31 bits per heavy atom. The third-order valence-electron chi connectivity index (χ3n) is 3.17. The zero-order valence-corrected chi connectivity index (χ0v) is 8.63. The van der Waals surface area contributed by atoms with E-state index in [9.17, 15) is 4.79 Å². The van der Waals surface area contributed by atoms with Gasteiger partial charge in [-0.1, -0.05) is 12.1 Å². The molecule has 2 aliphatic rings. The number of carboxylic acids is 1. The zero-order valence-electron chi connectivity index (χ0n) is 8.63. The molecule has 16 heavy (non-hydrogen) atoms. The summed E-state index contributed by atoms with van der Waals surface area (Å²) in [5.74, 6) is 0.582. The van der Waals surface area contributed by atoms with Crippen molar-refractivity contribution in [1.82, 2.24) is 0 Å². The number of carboxylic acid groups (broad SMARTS) is 1. The lowest BCUT2D eigenvalue weighted by Gasteiger charge is -2.26. The molecule has 1 fully saturated rings. The average molecular weight is 220 g/mol. The van der Waals surface area contributed by atoms with Crippen molar-refractivity contribution in [3.63, 3.8) is 0 Å². The van der Waals surface area contributed by atoms with Crippen LogP contribution in [0.25, 0.3) is 0 Å². The van der Waals surface area contributed by atoms with Gasteiger partial charge in [0.2, 0.25) is 0 Å². The highest BCUT2D eigenvalue weighted by molar-refractivity contribution is 5.73. The van der Waals surface area contributed by atoms with Crippen molar-refractivity contribution in [1.29, 1.82) is 0 Å². The molecule has 4 nitrogen and oxygen atoms in total. The molecule has 1 N–H and O–H groups in total. The van der Waals surface area contributed by atoms with Crippen LogP contribution in [0.1, 0.15) is 6.42 Å². The lowest BCUT2D eigenvalue weighted by molar-refractivity contribution is -0.139. The maximum absolute atomic E-state index is 10.8. The van der Waals surface area contributed by atoms with Gasteiger partial charge in [-0.05, 0) is 18.6 Å². The molecule has 0 amide bonds. The molecule has 0 bridgehead atoms. The Morgan fingerprint density at radius 3 is 2.75 bits per heavy atom. The fourth-order valence-electron chi connectivity index (χ4n) is 2.16. The largest absolute Gasteiger partial charge is 0.486 e. The van der Waals surface area contributed by atoms with Crippen molar-refractivity contribution < 1.29 is 19.4 Å². The summed E-state index contributed by atoms with van der Waals surface area (Å²) in [5.41, 5.74) is 0. The second-order valence-corrected chi connectivity index (χ2v) is 4.26. The number of hydrogen-bond donors (Lipinski definition) is 1. The van der Waals surface area contributed by atoms with E-state index in [1.54, 1.807) is 0 Å². The van der Waals surface area contributed by atoms with Gasteiger partial charge in [0.15, 0.2) is 11.5 Å². The lowest BCUT2D eigenvalue weighted by Crippen LogP contribution is -2.32. The van der Waals surface area contributed by atoms with Gasteiger partial charge >= 0.3 is 5.97 Å². The topological polar surface area (TPSA) is 55.8 Å². The maximum atomic E-state index is 10.8. The molecular weight excluding hydrogens is 208 g/mol. The average Bonchev–Trinajstić information content (AvgIpc) is 3.08. The molecule has 3 unspecified atom stereocenters. The number of benzene rings is 1. The summed E-state index contributed by atoms with van der Waals surface area (Å²) in [7, 11) is 0. The van der Waals surface area contributed by atoms with E-state index in [4.69, 9.17) is 14.6 Å². The van der Waals surface area contributed by atoms with Crippen LogP contribution in [0.3, 0.4) is 0 Å². The van der Waals surface area contributed by atoms with Crippen molar-refractivity contribution >= 4 is 5.97 Å². The second-order valence-electron chi connectivity index (χ2n) is 4.26. The van der Waals surface area contributed by atoms with Crippen molar-refractivity contribution in [3.8, 4) is 11.5 Å². The van der Waals surface area contributed by atoms with E-state index in [1.807, 2.05) is 24.3 Å². The molecule has 84 valence electrons. The Bertz CT molecular complexity index is 429. The monoisotopic (exact) mass is 220 g/mol. The minimum absolute atomic E-state index is 0.103. The molecular formula is C12H12O4. The number of fused-ring (bicyclic) bond motifs is 1. The zero-order chi connectivity index (χ0) is 11.1. The van der Waals surface area contributed by atoms with Crippen LogP contribution in [0, 0.1) is 11.8 Å². The Morgan fingerprint density at radius 2 is 2.06 bits per heavy atom. The van der Waals surface area contributed by atoms with E-state index in [-0.39, 0.29) is 17.9 Å². The summed E-state index contributed by atoms with van der Waals surface area (Å²) < 4.78 is 11.3. The van der Waals surface area contributed by atoms with Crippen LogP contribution in [0.15, 0.2) is 24.3 Å². The first-order chi connectivity index (χ1) is 7.75. The Labute approximate surface area is 92.8 Å².